The molecule has 0 radical (unpaired) electrons. The molecule has 1 aromatic rings. The van der Waals surface area contributed by atoms with Crippen LogP contribution in [0.25, 0.3) is 0 Å². The van der Waals surface area contributed by atoms with Crippen LogP contribution in [-0.4, -0.2) is 80.1 Å². The molecule has 9 nitrogen and oxygen atoms in total. The van der Waals surface area contributed by atoms with Crippen molar-refractivity contribution >= 4 is 17.7 Å². The van der Waals surface area contributed by atoms with Gasteiger partial charge in [-0.3, -0.25) is 14.4 Å². The van der Waals surface area contributed by atoms with Crippen molar-refractivity contribution in [1.82, 2.24) is 15.1 Å². The van der Waals surface area contributed by atoms with Crippen LogP contribution in [0.15, 0.2) is 24.3 Å². The number of carbonyl (C=O) groups excluding carboxylic acids is 3. The number of likely N-dealkylation sites (tertiary alicyclic amines) is 1. The lowest BCUT2D eigenvalue weighted by Crippen LogP contribution is -2.58. The van der Waals surface area contributed by atoms with E-state index in [1.54, 1.807) is 16.9 Å². The van der Waals surface area contributed by atoms with Crippen LogP contribution in [0.1, 0.15) is 51.0 Å². The van der Waals surface area contributed by atoms with Crippen molar-refractivity contribution in [3.8, 4) is 5.75 Å². The zero-order chi connectivity index (χ0) is 26.1. The molecule has 200 valence electrons. The Kier molecular flexibility index (Phi) is 10.6. The van der Waals surface area contributed by atoms with Crippen LogP contribution < -0.4 is 15.8 Å². The highest BCUT2D eigenvalue weighted by Gasteiger charge is 2.38. The van der Waals surface area contributed by atoms with Gasteiger partial charge in [0, 0.05) is 39.7 Å². The van der Waals surface area contributed by atoms with Crippen molar-refractivity contribution in [3.05, 3.63) is 29.8 Å². The highest BCUT2D eigenvalue weighted by atomic mass is 16.5. The Hall–Kier alpha value is -2.65. The SMILES string of the molecule is COCC(=O)N(Cc1cccc(OC)c1)C1CCN(C(C)=O)[C@@H](C(=O)NCC2CCC(CN)CC2)C1. The van der Waals surface area contributed by atoms with Gasteiger partial charge in [0.1, 0.15) is 18.4 Å². The fourth-order valence-corrected chi connectivity index (χ4v) is 5.48. The molecule has 3 rings (SSSR count). The summed E-state index contributed by atoms with van der Waals surface area (Å²) >= 11 is 0. The number of ether oxygens (including phenoxy) is 2. The van der Waals surface area contributed by atoms with E-state index in [0.29, 0.717) is 44.3 Å². The van der Waals surface area contributed by atoms with Crippen molar-refractivity contribution in [2.24, 2.45) is 17.6 Å². The number of hydrogen-bond donors (Lipinski definition) is 2. The molecule has 0 aromatic heterocycles. The van der Waals surface area contributed by atoms with E-state index in [-0.39, 0.29) is 30.4 Å². The Morgan fingerprint density at radius 1 is 1.11 bits per heavy atom. The summed E-state index contributed by atoms with van der Waals surface area (Å²) in [7, 11) is 3.11. The molecule has 3 N–H and O–H groups in total. The van der Waals surface area contributed by atoms with E-state index in [9.17, 15) is 14.4 Å². The van der Waals surface area contributed by atoms with Crippen LogP contribution in [0.2, 0.25) is 0 Å². The van der Waals surface area contributed by atoms with Crippen LogP contribution in [0, 0.1) is 11.8 Å². The molecule has 1 aliphatic carbocycles. The minimum atomic E-state index is -0.607. The summed E-state index contributed by atoms with van der Waals surface area (Å²) in [4.78, 5) is 42.2. The van der Waals surface area contributed by atoms with Gasteiger partial charge in [-0.1, -0.05) is 12.1 Å². The van der Waals surface area contributed by atoms with Gasteiger partial charge in [-0.25, -0.2) is 0 Å². The number of nitrogens with zero attached hydrogens (tertiary/aromatic N) is 2. The van der Waals surface area contributed by atoms with E-state index in [0.717, 1.165) is 43.5 Å². The van der Waals surface area contributed by atoms with Gasteiger partial charge < -0.3 is 30.3 Å². The second-order valence-electron chi connectivity index (χ2n) is 10.1. The number of nitrogens with one attached hydrogen (secondary N) is 1. The second kappa shape index (κ2) is 13.6. The molecule has 9 heteroatoms. The maximum Gasteiger partial charge on any atom is 0.249 e. The summed E-state index contributed by atoms with van der Waals surface area (Å²) in [6.45, 7) is 3.60. The molecule has 1 aromatic carbocycles. The van der Waals surface area contributed by atoms with Crippen molar-refractivity contribution in [2.75, 3.05) is 40.5 Å². The molecule has 3 amide bonds. The third kappa shape index (κ3) is 7.43. The highest BCUT2D eigenvalue weighted by molar-refractivity contribution is 5.87. The van der Waals surface area contributed by atoms with E-state index < -0.39 is 6.04 Å². The Bertz CT molecular complexity index is 887. The van der Waals surface area contributed by atoms with E-state index in [1.165, 1.54) is 14.0 Å². The molecular weight excluding hydrogens is 460 g/mol. The third-order valence-electron chi connectivity index (χ3n) is 7.66. The summed E-state index contributed by atoms with van der Waals surface area (Å²) in [6, 6.07) is 6.81. The van der Waals surface area contributed by atoms with Crippen LogP contribution in [-0.2, 0) is 25.7 Å². The summed E-state index contributed by atoms with van der Waals surface area (Å²) < 4.78 is 10.5. The van der Waals surface area contributed by atoms with Gasteiger partial charge in [0.15, 0.2) is 0 Å². The predicted octanol–water partition coefficient (Wildman–Crippen LogP) is 1.93. The number of rotatable bonds is 10. The van der Waals surface area contributed by atoms with Crippen molar-refractivity contribution in [3.63, 3.8) is 0 Å². The maximum absolute atomic E-state index is 13.3. The standard InChI is InChI=1S/C27H42N4O5/c1-19(32)30-12-11-23(14-25(30)27(34)29-16-21-9-7-20(15-28)8-10-21)31(26(33)18-35-2)17-22-5-4-6-24(13-22)36-3/h4-6,13,20-21,23,25H,7-12,14-18,28H2,1-3H3,(H,29,34)/t20?,21?,23?,25-/m1/s1. The lowest BCUT2D eigenvalue weighted by molar-refractivity contribution is -0.146. The molecule has 1 unspecified atom stereocenters. The van der Waals surface area contributed by atoms with E-state index in [1.807, 2.05) is 24.3 Å². The first-order chi connectivity index (χ1) is 17.4. The normalized spacial score (nSPS) is 24.2. The van der Waals surface area contributed by atoms with E-state index >= 15 is 0 Å². The lowest BCUT2D eigenvalue weighted by Gasteiger charge is -2.42. The fourth-order valence-electron chi connectivity index (χ4n) is 5.48. The summed E-state index contributed by atoms with van der Waals surface area (Å²) in [5, 5.41) is 3.11. The largest absolute Gasteiger partial charge is 0.497 e. The minimum Gasteiger partial charge on any atom is -0.497 e. The number of nitrogens with two attached hydrogens (primary N) is 1. The topological polar surface area (TPSA) is 114 Å². The molecule has 1 saturated heterocycles. The molecule has 1 heterocycles. The number of methoxy groups -OCH3 is 2. The molecule has 0 spiro atoms. The Morgan fingerprint density at radius 2 is 1.83 bits per heavy atom. The first-order valence-corrected chi connectivity index (χ1v) is 13.0. The van der Waals surface area contributed by atoms with Crippen molar-refractivity contribution in [2.45, 2.75) is 64.1 Å². The molecule has 2 fully saturated rings. The first kappa shape index (κ1) is 27.9. The summed E-state index contributed by atoms with van der Waals surface area (Å²) in [5.74, 6) is 1.34. The number of benzene rings is 1. The molecule has 2 aliphatic rings. The van der Waals surface area contributed by atoms with E-state index in [4.69, 9.17) is 15.2 Å². The Morgan fingerprint density at radius 3 is 2.47 bits per heavy atom. The second-order valence-corrected chi connectivity index (χ2v) is 10.1. The Labute approximate surface area is 214 Å². The molecular formula is C27H42N4O5. The van der Waals surface area contributed by atoms with Crippen molar-refractivity contribution < 1.29 is 23.9 Å². The zero-order valence-electron chi connectivity index (χ0n) is 21.9. The van der Waals surface area contributed by atoms with Crippen LogP contribution >= 0.6 is 0 Å². The van der Waals surface area contributed by atoms with Gasteiger partial charge in [-0.15, -0.1) is 0 Å². The Balaban J connectivity index is 1.70. The quantitative estimate of drug-likeness (QED) is 0.505. The van der Waals surface area contributed by atoms with Gasteiger partial charge in [0.25, 0.3) is 0 Å². The van der Waals surface area contributed by atoms with Crippen molar-refractivity contribution in [1.29, 1.82) is 0 Å². The number of amides is 3. The minimum absolute atomic E-state index is 0.0424. The van der Waals surface area contributed by atoms with Gasteiger partial charge in [-0.2, -0.15) is 0 Å². The highest BCUT2D eigenvalue weighted by Crippen LogP contribution is 2.28. The molecule has 2 atom stereocenters. The number of piperidine rings is 1. The van der Waals surface area contributed by atoms with Crippen LogP contribution in [0.3, 0.4) is 0 Å². The van der Waals surface area contributed by atoms with Crippen LogP contribution in [0.4, 0.5) is 0 Å². The van der Waals surface area contributed by atoms with Gasteiger partial charge in [-0.05, 0) is 74.6 Å². The summed E-state index contributed by atoms with van der Waals surface area (Å²) in [6.07, 6.45) is 5.32. The average molecular weight is 503 g/mol. The third-order valence-corrected chi connectivity index (χ3v) is 7.66. The van der Waals surface area contributed by atoms with Gasteiger partial charge in [0.05, 0.1) is 7.11 Å². The average Bonchev–Trinajstić information content (AvgIpc) is 2.90. The summed E-state index contributed by atoms with van der Waals surface area (Å²) in [5.41, 5.74) is 6.74. The first-order valence-electron chi connectivity index (χ1n) is 13.0. The lowest BCUT2D eigenvalue weighted by atomic mass is 9.82. The molecule has 36 heavy (non-hydrogen) atoms. The van der Waals surface area contributed by atoms with Gasteiger partial charge in [0.2, 0.25) is 17.7 Å². The molecule has 0 bridgehead atoms. The zero-order valence-corrected chi connectivity index (χ0v) is 21.9. The smallest absolute Gasteiger partial charge is 0.249 e. The maximum atomic E-state index is 13.3. The molecule has 1 saturated carbocycles. The number of carbonyl (C=O) groups is 3. The fraction of sp³-hybridized carbons (Fsp3) is 0.667. The van der Waals surface area contributed by atoms with E-state index in [2.05, 4.69) is 5.32 Å². The monoisotopic (exact) mass is 502 g/mol. The predicted molar refractivity (Wildman–Crippen MR) is 137 cm³/mol. The molecule has 1 aliphatic heterocycles. The number of hydrogen-bond acceptors (Lipinski definition) is 6. The van der Waals surface area contributed by atoms with Crippen LogP contribution in [0.5, 0.6) is 5.75 Å². The van der Waals surface area contributed by atoms with Gasteiger partial charge >= 0.3 is 0 Å².